The molecule has 2 heterocycles. The molecule has 182 valence electrons. The summed E-state index contributed by atoms with van der Waals surface area (Å²) >= 11 is 2.95. The number of nitrogens with one attached hydrogen (secondary N) is 2. The summed E-state index contributed by atoms with van der Waals surface area (Å²) in [5.74, 6) is 0.728. The Hall–Kier alpha value is -2.64. The number of nitrogens with zero attached hydrogens (tertiary/aromatic N) is 3. The van der Waals surface area contributed by atoms with E-state index in [1.165, 1.54) is 18.6 Å². The average Bonchev–Trinajstić information content (AvgIpc) is 3.38. The van der Waals surface area contributed by atoms with Crippen LogP contribution in [0.3, 0.4) is 0 Å². The monoisotopic (exact) mass is 559 g/mol. The minimum absolute atomic E-state index is 0.112. The van der Waals surface area contributed by atoms with Gasteiger partial charge in [0.1, 0.15) is 5.75 Å². The molecular weight excluding hydrogens is 539 g/mol. The van der Waals surface area contributed by atoms with Gasteiger partial charge in [0.05, 0.1) is 16.5 Å². The minimum Gasteiger partial charge on any atom is -0.424 e. The van der Waals surface area contributed by atoms with Crippen molar-refractivity contribution in [2.24, 2.45) is 0 Å². The summed E-state index contributed by atoms with van der Waals surface area (Å²) in [7, 11) is -4.54. The number of benzene rings is 2. The second-order valence-electron chi connectivity index (χ2n) is 7.66. The van der Waals surface area contributed by atoms with Crippen LogP contribution in [0.4, 0.5) is 18.9 Å². The van der Waals surface area contributed by atoms with Crippen molar-refractivity contribution < 1.29 is 26.3 Å². The number of alkyl halides is 3. The number of halogens is 4. The second kappa shape index (κ2) is 9.19. The van der Waals surface area contributed by atoms with Crippen molar-refractivity contribution in [1.29, 1.82) is 0 Å². The number of hydrogen-bond donors (Lipinski definition) is 2. The Labute approximate surface area is 202 Å². The van der Waals surface area contributed by atoms with Crippen LogP contribution in [0.1, 0.15) is 36.8 Å². The maximum Gasteiger partial charge on any atom is 0.417 e. The van der Waals surface area contributed by atoms with Crippen molar-refractivity contribution in [2.45, 2.75) is 43.9 Å². The fourth-order valence-corrected chi connectivity index (χ4v) is 5.51. The lowest BCUT2D eigenvalue weighted by Gasteiger charge is -2.18. The number of ether oxygens (including phenoxy) is 1. The highest BCUT2D eigenvalue weighted by Crippen LogP contribution is 2.36. The first-order chi connectivity index (χ1) is 16.0. The van der Waals surface area contributed by atoms with Gasteiger partial charge in [0, 0.05) is 29.3 Å². The van der Waals surface area contributed by atoms with Crippen molar-refractivity contribution in [2.75, 3.05) is 11.9 Å². The topological polar surface area (TPSA) is 98.1 Å². The molecule has 3 aromatic rings. The molecule has 0 aliphatic carbocycles. The highest BCUT2D eigenvalue weighted by atomic mass is 79.9. The molecule has 2 aromatic carbocycles. The average molecular weight is 560 g/mol. The summed E-state index contributed by atoms with van der Waals surface area (Å²) in [5.41, 5.74) is 0.878. The molecule has 0 unspecified atom stereocenters. The van der Waals surface area contributed by atoms with Crippen LogP contribution in [-0.4, -0.2) is 29.7 Å². The first-order valence-corrected chi connectivity index (χ1v) is 12.6. The third-order valence-corrected chi connectivity index (χ3v) is 7.41. The van der Waals surface area contributed by atoms with E-state index in [1.54, 1.807) is 17.6 Å². The predicted molar refractivity (Wildman–Crippen MR) is 122 cm³/mol. The quantitative estimate of drug-likeness (QED) is 0.428. The van der Waals surface area contributed by atoms with Crippen LogP contribution in [-0.2, 0) is 29.2 Å². The summed E-state index contributed by atoms with van der Waals surface area (Å²) in [6.07, 6.45) is -3.93. The van der Waals surface area contributed by atoms with Crippen molar-refractivity contribution in [3.63, 3.8) is 0 Å². The van der Waals surface area contributed by atoms with Gasteiger partial charge in [0.15, 0.2) is 5.82 Å². The number of rotatable bonds is 7. The number of sulfonamides is 1. The van der Waals surface area contributed by atoms with Gasteiger partial charge in [-0.05, 0) is 50.1 Å². The summed E-state index contributed by atoms with van der Waals surface area (Å²) in [5, 5.41) is 11.3. The molecule has 0 saturated heterocycles. The van der Waals surface area contributed by atoms with E-state index in [4.69, 9.17) is 4.74 Å². The highest BCUT2D eigenvalue weighted by Gasteiger charge is 2.38. The van der Waals surface area contributed by atoms with Crippen LogP contribution in [0.2, 0.25) is 0 Å². The van der Waals surface area contributed by atoms with E-state index in [0.717, 1.165) is 30.8 Å². The Morgan fingerprint density at radius 2 is 2.00 bits per heavy atom. The molecule has 2 N–H and O–H groups in total. The third-order valence-electron chi connectivity index (χ3n) is 5.32. The molecular formula is C21H21BrF3N5O3S. The minimum atomic E-state index is -4.85. The van der Waals surface area contributed by atoms with Crippen molar-refractivity contribution in [1.82, 2.24) is 19.5 Å². The van der Waals surface area contributed by atoms with E-state index in [9.17, 15) is 21.6 Å². The molecule has 13 heteroatoms. The number of anilines is 1. The van der Waals surface area contributed by atoms with Gasteiger partial charge in [-0.1, -0.05) is 27.1 Å². The molecule has 1 aromatic heterocycles. The molecule has 0 spiro atoms. The van der Waals surface area contributed by atoms with Gasteiger partial charge >= 0.3 is 12.2 Å². The van der Waals surface area contributed by atoms with Crippen LogP contribution in [0.15, 0.2) is 45.8 Å². The summed E-state index contributed by atoms with van der Waals surface area (Å²) in [4.78, 5) is -0.875. The van der Waals surface area contributed by atoms with Gasteiger partial charge in [-0.3, -0.25) is 4.57 Å². The normalized spacial score (nSPS) is 14.5. The van der Waals surface area contributed by atoms with Gasteiger partial charge < -0.3 is 10.1 Å². The largest absolute Gasteiger partial charge is 0.424 e. The molecule has 0 radical (unpaired) electrons. The molecule has 4 rings (SSSR count). The van der Waals surface area contributed by atoms with Crippen LogP contribution in [0, 0.1) is 0 Å². The Morgan fingerprint density at radius 3 is 2.71 bits per heavy atom. The summed E-state index contributed by atoms with van der Waals surface area (Å²) in [6, 6.07) is 7.62. The Morgan fingerprint density at radius 1 is 1.24 bits per heavy atom. The van der Waals surface area contributed by atoms with Gasteiger partial charge in [0.2, 0.25) is 10.0 Å². The summed E-state index contributed by atoms with van der Waals surface area (Å²) in [6.45, 7) is 4.46. The van der Waals surface area contributed by atoms with Crippen LogP contribution < -0.4 is 14.8 Å². The number of hydrogen-bond acceptors (Lipinski definition) is 6. The maximum atomic E-state index is 13.5. The van der Waals surface area contributed by atoms with E-state index in [-0.39, 0.29) is 16.3 Å². The van der Waals surface area contributed by atoms with Gasteiger partial charge in [0.25, 0.3) is 0 Å². The van der Waals surface area contributed by atoms with Crippen molar-refractivity contribution in [3.05, 3.63) is 57.8 Å². The Kier molecular flexibility index (Phi) is 6.62. The molecule has 0 fully saturated rings. The number of aromatic nitrogens is 3. The fourth-order valence-electron chi connectivity index (χ4n) is 3.74. The molecule has 1 atom stereocenters. The maximum absolute atomic E-state index is 13.5. The zero-order chi connectivity index (χ0) is 24.7. The Balaban J connectivity index is 1.59. The van der Waals surface area contributed by atoms with E-state index < -0.39 is 32.7 Å². The SMILES string of the molecule is CCn1c(Oc2ccc3c(c2)NCC3)nnc1[C@@H](C)NS(=O)(=O)c1ccc(Br)cc1C(F)(F)F. The van der Waals surface area contributed by atoms with Gasteiger partial charge in [-0.15, -0.1) is 5.10 Å². The highest BCUT2D eigenvalue weighted by molar-refractivity contribution is 9.10. The first-order valence-electron chi connectivity index (χ1n) is 10.4. The van der Waals surface area contributed by atoms with E-state index in [0.29, 0.717) is 12.3 Å². The molecule has 0 amide bonds. The summed E-state index contributed by atoms with van der Waals surface area (Å²) < 4.78 is 76.0. The lowest BCUT2D eigenvalue weighted by molar-refractivity contribution is -0.139. The molecule has 34 heavy (non-hydrogen) atoms. The van der Waals surface area contributed by atoms with E-state index >= 15 is 0 Å². The van der Waals surface area contributed by atoms with E-state index in [2.05, 4.69) is 36.2 Å². The Bertz CT molecular complexity index is 1330. The van der Waals surface area contributed by atoms with Crippen LogP contribution in [0.5, 0.6) is 11.8 Å². The molecule has 1 aliphatic rings. The smallest absolute Gasteiger partial charge is 0.417 e. The van der Waals surface area contributed by atoms with Crippen molar-refractivity contribution in [3.8, 4) is 11.8 Å². The molecule has 0 saturated carbocycles. The number of fused-ring (bicyclic) bond motifs is 1. The van der Waals surface area contributed by atoms with Crippen LogP contribution >= 0.6 is 15.9 Å². The van der Waals surface area contributed by atoms with Crippen LogP contribution in [0.25, 0.3) is 0 Å². The fraction of sp³-hybridized carbons (Fsp3) is 0.333. The molecule has 8 nitrogen and oxygen atoms in total. The molecule has 0 bridgehead atoms. The zero-order valence-electron chi connectivity index (χ0n) is 18.1. The molecule has 1 aliphatic heterocycles. The lowest BCUT2D eigenvalue weighted by Crippen LogP contribution is -2.30. The van der Waals surface area contributed by atoms with Gasteiger partial charge in [-0.2, -0.15) is 13.2 Å². The second-order valence-corrected chi connectivity index (χ2v) is 10.3. The lowest BCUT2D eigenvalue weighted by atomic mass is 10.2. The zero-order valence-corrected chi connectivity index (χ0v) is 20.6. The van der Waals surface area contributed by atoms with Gasteiger partial charge in [-0.25, -0.2) is 13.1 Å². The van der Waals surface area contributed by atoms with E-state index in [1.807, 2.05) is 12.1 Å². The first kappa shape index (κ1) is 24.5. The standard InChI is InChI=1S/C21H21BrF3N5O3S/c1-3-30-19(27-28-20(30)33-15-6-4-13-8-9-26-17(13)11-15)12(2)29-34(31,32)18-7-5-14(22)10-16(18)21(23,24)25/h4-7,10-12,26,29H,3,8-9H2,1-2H3/t12-/m1/s1. The third kappa shape index (κ3) is 4.91. The van der Waals surface area contributed by atoms with Crippen molar-refractivity contribution >= 4 is 31.6 Å². The predicted octanol–water partition coefficient (Wildman–Crippen LogP) is 4.88.